The highest BCUT2D eigenvalue weighted by Gasteiger charge is 2.19. The molecule has 0 aromatic carbocycles. The number of hydrogen-bond acceptors (Lipinski definition) is 6. The maximum atomic E-state index is 12.8. The lowest BCUT2D eigenvalue weighted by Crippen LogP contribution is -2.30. The zero-order valence-electron chi connectivity index (χ0n) is 47.4. The molecule has 0 amide bonds. The SMILES string of the molecule is CC/C=C\C/C=C\C/C=C\C/C=C\C/C=C\CCCCCCCCCCCC(=O)OCC(COC(=O)CCCCCCC/C=C\CCCCCCCC)OC(=O)CCCC/C=C\C/C=C\C/C=C\C/C=C\CC. The van der Waals surface area contributed by atoms with Crippen LogP contribution in [0.3, 0.4) is 0 Å². The molecule has 1 unspecified atom stereocenters. The molecule has 0 saturated carbocycles. The molecule has 0 heterocycles. The van der Waals surface area contributed by atoms with E-state index < -0.39 is 6.10 Å². The summed E-state index contributed by atoms with van der Waals surface area (Å²) in [6.07, 6.45) is 83.4. The van der Waals surface area contributed by atoms with Gasteiger partial charge in [-0.2, -0.15) is 0 Å². The number of esters is 3. The average molecular weight is 1010 g/mol. The molecule has 6 nitrogen and oxygen atoms in total. The summed E-state index contributed by atoms with van der Waals surface area (Å²) in [5, 5.41) is 0. The number of carbonyl (C=O) groups excluding carboxylic acids is 3. The van der Waals surface area contributed by atoms with Crippen molar-refractivity contribution in [1.29, 1.82) is 0 Å². The Balaban J connectivity index is 4.40. The van der Waals surface area contributed by atoms with Gasteiger partial charge in [0, 0.05) is 19.3 Å². The molecule has 1 atom stereocenters. The van der Waals surface area contributed by atoms with Crippen molar-refractivity contribution >= 4 is 17.9 Å². The average Bonchev–Trinajstić information content (AvgIpc) is 3.39. The summed E-state index contributed by atoms with van der Waals surface area (Å²) in [5.74, 6) is -0.958. The molecule has 73 heavy (non-hydrogen) atoms. The Morgan fingerprint density at radius 2 is 0.534 bits per heavy atom. The molecule has 0 bridgehead atoms. The van der Waals surface area contributed by atoms with Crippen LogP contribution in [0.15, 0.2) is 122 Å². The Bertz CT molecular complexity index is 1540. The Kier molecular flexibility index (Phi) is 56.9. The first-order chi connectivity index (χ1) is 36.0. The third kappa shape index (κ3) is 58.6. The predicted molar refractivity (Wildman–Crippen MR) is 316 cm³/mol. The summed E-state index contributed by atoms with van der Waals surface area (Å²) in [7, 11) is 0. The second kappa shape index (κ2) is 60.4. The highest BCUT2D eigenvalue weighted by Crippen LogP contribution is 2.14. The van der Waals surface area contributed by atoms with Gasteiger partial charge in [-0.1, -0.05) is 239 Å². The van der Waals surface area contributed by atoms with E-state index in [2.05, 4.69) is 142 Å². The van der Waals surface area contributed by atoms with Crippen LogP contribution in [0.25, 0.3) is 0 Å². The van der Waals surface area contributed by atoms with Crippen LogP contribution in [0.1, 0.15) is 265 Å². The van der Waals surface area contributed by atoms with E-state index in [1.54, 1.807) is 0 Å². The summed E-state index contributed by atoms with van der Waals surface area (Å²) < 4.78 is 16.8. The normalized spacial score (nSPS) is 13.0. The van der Waals surface area contributed by atoms with Crippen LogP contribution < -0.4 is 0 Å². The summed E-state index contributed by atoms with van der Waals surface area (Å²) in [4.78, 5) is 38.2. The first-order valence-electron chi connectivity index (χ1n) is 30.0. The van der Waals surface area contributed by atoms with Gasteiger partial charge in [-0.15, -0.1) is 0 Å². The van der Waals surface area contributed by atoms with E-state index >= 15 is 0 Å². The smallest absolute Gasteiger partial charge is 0.306 e. The summed E-state index contributed by atoms with van der Waals surface area (Å²) in [6, 6.07) is 0. The summed E-state index contributed by atoms with van der Waals surface area (Å²) >= 11 is 0. The highest BCUT2D eigenvalue weighted by molar-refractivity contribution is 5.71. The Morgan fingerprint density at radius 1 is 0.288 bits per heavy atom. The minimum absolute atomic E-state index is 0.103. The number of hydrogen-bond donors (Lipinski definition) is 0. The first kappa shape index (κ1) is 68.8. The number of rotatable bonds is 53. The van der Waals surface area contributed by atoms with Gasteiger partial charge in [-0.05, 0) is 128 Å². The van der Waals surface area contributed by atoms with Gasteiger partial charge in [0.1, 0.15) is 13.2 Å². The standard InChI is InChI=1S/C67H110O6/c1-4-7-10-13-16-19-22-25-28-29-30-31-32-33-34-35-36-37-40-42-45-48-51-54-57-60-66(69)72-63-64(73-67(70)61-58-55-52-49-46-43-39-27-24-21-18-15-12-9-6-3)62-71-65(68)59-56-53-50-47-44-41-38-26-23-20-17-14-11-8-5-2/h7,9-10,12,16,18-19,21,25-28,30-31,33-34,38-39,46,49,64H,4-6,8,11,13-15,17,20,22-24,29,32,35-37,40-45,47-48,50-63H2,1-3H3/b10-7-,12-9-,19-16-,21-18-,28-25-,31-30-,34-33-,38-26-,39-27-,49-46-. The minimum Gasteiger partial charge on any atom is -0.462 e. The van der Waals surface area contributed by atoms with Crippen LogP contribution >= 0.6 is 0 Å². The van der Waals surface area contributed by atoms with Gasteiger partial charge in [0.2, 0.25) is 0 Å². The monoisotopic (exact) mass is 1010 g/mol. The van der Waals surface area contributed by atoms with E-state index in [0.29, 0.717) is 19.3 Å². The van der Waals surface area contributed by atoms with Gasteiger partial charge in [0.25, 0.3) is 0 Å². The molecule has 0 aromatic rings. The van der Waals surface area contributed by atoms with Crippen molar-refractivity contribution in [3.8, 4) is 0 Å². The number of ether oxygens (including phenoxy) is 3. The lowest BCUT2D eigenvalue weighted by Gasteiger charge is -2.18. The van der Waals surface area contributed by atoms with Crippen LogP contribution in [-0.4, -0.2) is 37.2 Å². The van der Waals surface area contributed by atoms with E-state index in [0.717, 1.165) is 128 Å². The zero-order chi connectivity index (χ0) is 52.9. The summed E-state index contributed by atoms with van der Waals surface area (Å²) in [6.45, 7) is 6.36. The maximum absolute atomic E-state index is 12.8. The second-order valence-electron chi connectivity index (χ2n) is 19.5. The minimum atomic E-state index is -0.809. The van der Waals surface area contributed by atoms with Crippen molar-refractivity contribution in [1.82, 2.24) is 0 Å². The predicted octanol–water partition coefficient (Wildman–Crippen LogP) is 20.4. The van der Waals surface area contributed by atoms with Gasteiger partial charge in [0.15, 0.2) is 6.10 Å². The zero-order valence-corrected chi connectivity index (χ0v) is 47.4. The van der Waals surface area contributed by atoms with Gasteiger partial charge in [0.05, 0.1) is 0 Å². The molecule has 0 spiro atoms. The van der Waals surface area contributed by atoms with E-state index in [-0.39, 0.29) is 37.5 Å². The fraction of sp³-hybridized carbons (Fsp3) is 0.657. The van der Waals surface area contributed by atoms with Crippen LogP contribution in [0.2, 0.25) is 0 Å². The fourth-order valence-corrected chi connectivity index (χ4v) is 7.98. The van der Waals surface area contributed by atoms with Gasteiger partial charge in [-0.3, -0.25) is 14.4 Å². The molecule has 0 fully saturated rings. The van der Waals surface area contributed by atoms with Gasteiger partial charge >= 0.3 is 17.9 Å². The molecule has 0 saturated heterocycles. The number of carbonyl (C=O) groups is 3. The highest BCUT2D eigenvalue weighted by atomic mass is 16.6. The summed E-state index contributed by atoms with van der Waals surface area (Å²) in [5.41, 5.74) is 0. The lowest BCUT2D eigenvalue weighted by molar-refractivity contribution is -0.167. The van der Waals surface area contributed by atoms with Crippen LogP contribution in [0, 0.1) is 0 Å². The molecule has 0 aliphatic rings. The third-order valence-electron chi connectivity index (χ3n) is 12.4. The van der Waals surface area contributed by atoms with Crippen LogP contribution in [0.4, 0.5) is 0 Å². The molecule has 0 rings (SSSR count). The lowest BCUT2D eigenvalue weighted by atomic mass is 10.1. The molecular formula is C67H110O6. The largest absolute Gasteiger partial charge is 0.462 e. The van der Waals surface area contributed by atoms with Crippen molar-refractivity contribution < 1.29 is 28.6 Å². The first-order valence-corrected chi connectivity index (χ1v) is 30.0. The maximum Gasteiger partial charge on any atom is 0.306 e. The molecule has 0 aliphatic carbocycles. The molecule has 0 aliphatic heterocycles. The van der Waals surface area contributed by atoms with Crippen molar-refractivity contribution in [2.75, 3.05) is 13.2 Å². The quantitative estimate of drug-likeness (QED) is 0.0261. The topological polar surface area (TPSA) is 78.9 Å². The second-order valence-corrected chi connectivity index (χ2v) is 19.5. The fourth-order valence-electron chi connectivity index (χ4n) is 7.98. The Hall–Kier alpha value is -4.19. The van der Waals surface area contributed by atoms with Crippen molar-refractivity contribution in [2.24, 2.45) is 0 Å². The molecule has 0 aromatic heterocycles. The van der Waals surface area contributed by atoms with Crippen LogP contribution in [0.5, 0.6) is 0 Å². The Labute approximate surface area is 450 Å². The van der Waals surface area contributed by atoms with Crippen molar-refractivity contribution in [2.45, 2.75) is 271 Å². The Morgan fingerprint density at radius 3 is 0.877 bits per heavy atom. The van der Waals surface area contributed by atoms with Crippen molar-refractivity contribution in [3.05, 3.63) is 122 Å². The number of allylic oxidation sites excluding steroid dienone is 20. The van der Waals surface area contributed by atoms with E-state index in [1.165, 1.54) is 89.9 Å². The molecular weight excluding hydrogens is 901 g/mol. The van der Waals surface area contributed by atoms with Crippen molar-refractivity contribution in [3.63, 3.8) is 0 Å². The van der Waals surface area contributed by atoms with Gasteiger partial charge in [-0.25, -0.2) is 0 Å². The van der Waals surface area contributed by atoms with E-state index in [9.17, 15) is 14.4 Å². The van der Waals surface area contributed by atoms with E-state index in [4.69, 9.17) is 14.2 Å². The number of unbranched alkanes of at least 4 members (excludes halogenated alkanes) is 22. The molecule has 0 radical (unpaired) electrons. The van der Waals surface area contributed by atoms with Crippen LogP contribution in [-0.2, 0) is 28.6 Å². The molecule has 0 N–H and O–H groups in total. The molecule has 6 heteroatoms. The van der Waals surface area contributed by atoms with Gasteiger partial charge < -0.3 is 14.2 Å². The van der Waals surface area contributed by atoms with E-state index in [1.807, 2.05) is 0 Å². The third-order valence-corrected chi connectivity index (χ3v) is 12.4. The molecule has 414 valence electrons.